The Kier molecular flexibility index (Phi) is 3.13. The minimum Gasteiger partial charge on any atom is -0.388 e. The van der Waals surface area contributed by atoms with E-state index in [1.165, 1.54) is 6.42 Å². The molecule has 12 heavy (non-hydrogen) atoms. The largest absolute Gasteiger partial charge is 0.388 e. The lowest BCUT2D eigenvalue weighted by Gasteiger charge is -2.38. The molecule has 2 nitrogen and oxygen atoms in total. The van der Waals surface area contributed by atoms with Crippen LogP contribution < -0.4 is 5.73 Å². The molecule has 1 atom stereocenters. The third-order valence-electron chi connectivity index (χ3n) is 3.40. The van der Waals surface area contributed by atoms with Crippen molar-refractivity contribution in [3.05, 3.63) is 0 Å². The zero-order chi connectivity index (χ0) is 9.19. The van der Waals surface area contributed by atoms with Crippen LogP contribution in [0.4, 0.5) is 0 Å². The summed E-state index contributed by atoms with van der Waals surface area (Å²) in [5, 5.41) is 10.0. The van der Waals surface area contributed by atoms with Crippen LogP contribution in [0.5, 0.6) is 0 Å². The summed E-state index contributed by atoms with van der Waals surface area (Å²) in [4.78, 5) is 0. The highest BCUT2D eigenvalue weighted by Crippen LogP contribution is 2.34. The third-order valence-corrected chi connectivity index (χ3v) is 3.40. The first-order valence-corrected chi connectivity index (χ1v) is 5.06. The van der Waals surface area contributed by atoms with E-state index in [4.69, 9.17) is 5.73 Å². The molecule has 1 aliphatic carbocycles. The zero-order valence-electron chi connectivity index (χ0n) is 8.21. The second-order valence-electron chi connectivity index (χ2n) is 4.24. The van der Waals surface area contributed by atoms with Gasteiger partial charge in [0.1, 0.15) is 0 Å². The van der Waals surface area contributed by atoms with Crippen molar-refractivity contribution in [1.82, 2.24) is 0 Å². The van der Waals surface area contributed by atoms with E-state index in [9.17, 15) is 5.11 Å². The van der Waals surface area contributed by atoms with Gasteiger partial charge in [-0.05, 0) is 38.5 Å². The molecule has 2 heteroatoms. The molecular formula is C10H21NO. The van der Waals surface area contributed by atoms with Crippen LogP contribution in [0, 0.1) is 5.92 Å². The quantitative estimate of drug-likeness (QED) is 0.664. The number of rotatable bonds is 2. The van der Waals surface area contributed by atoms with E-state index in [2.05, 4.69) is 6.92 Å². The molecule has 0 amide bonds. The Bertz CT molecular complexity index is 137. The Morgan fingerprint density at radius 3 is 2.33 bits per heavy atom. The summed E-state index contributed by atoms with van der Waals surface area (Å²) < 4.78 is 0. The second kappa shape index (κ2) is 3.75. The fourth-order valence-corrected chi connectivity index (χ4v) is 2.04. The average molecular weight is 171 g/mol. The molecule has 0 aromatic carbocycles. The summed E-state index contributed by atoms with van der Waals surface area (Å²) in [6, 6.07) is -0.0738. The molecule has 0 bridgehead atoms. The lowest BCUT2D eigenvalue weighted by molar-refractivity contribution is -0.0268. The number of nitrogens with two attached hydrogens (primary N) is 1. The average Bonchev–Trinajstić information content (AvgIpc) is 2.06. The molecule has 0 aromatic rings. The molecule has 3 N–H and O–H groups in total. The molecule has 0 radical (unpaired) electrons. The van der Waals surface area contributed by atoms with Crippen molar-refractivity contribution in [2.45, 2.75) is 57.6 Å². The predicted molar refractivity (Wildman–Crippen MR) is 50.8 cm³/mol. The summed E-state index contributed by atoms with van der Waals surface area (Å²) in [7, 11) is 0. The van der Waals surface area contributed by atoms with E-state index in [1.807, 2.05) is 6.92 Å². The SMILES string of the molecule is CCC1CCC(O)(C(C)N)CC1. The number of aliphatic hydroxyl groups is 1. The van der Waals surface area contributed by atoms with Gasteiger partial charge in [0.05, 0.1) is 5.60 Å². The van der Waals surface area contributed by atoms with Crippen LogP contribution in [-0.4, -0.2) is 16.7 Å². The fourth-order valence-electron chi connectivity index (χ4n) is 2.04. The minimum atomic E-state index is -0.564. The van der Waals surface area contributed by atoms with Crippen molar-refractivity contribution in [2.24, 2.45) is 11.7 Å². The standard InChI is InChI=1S/C10H21NO/c1-3-9-4-6-10(12,7-5-9)8(2)11/h8-9,12H,3-7,11H2,1-2H3. The second-order valence-corrected chi connectivity index (χ2v) is 4.24. The first kappa shape index (κ1) is 10.0. The highest BCUT2D eigenvalue weighted by Gasteiger charge is 2.35. The van der Waals surface area contributed by atoms with E-state index in [1.54, 1.807) is 0 Å². The molecule has 0 spiro atoms. The van der Waals surface area contributed by atoms with E-state index in [0.717, 1.165) is 31.6 Å². The van der Waals surface area contributed by atoms with Crippen LogP contribution in [-0.2, 0) is 0 Å². The van der Waals surface area contributed by atoms with Crippen molar-refractivity contribution in [3.8, 4) is 0 Å². The van der Waals surface area contributed by atoms with Gasteiger partial charge in [-0.3, -0.25) is 0 Å². The molecular weight excluding hydrogens is 150 g/mol. The number of hydrogen-bond donors (Lipinski definition) is 2. The molecule has 1 fully saturated rings. The van der Waals surface area contributed by atoms with Crippen LogP contribution in [0.15, 0.2) is 0 Å². The van der Waals surface area contributed by atoms with Crippen molar-refractivity contribution in [2.75, 3.05) is 0 Å². The van der Waals surface area contributed by atoms with Gasteiger partial charge in [-0.1, -0.05) is 13.3 Å². The van der Waals surface area contributed by atoms with Crippen LogP contribution in [0.1, 0.15) is 46.0 Å². The summed E-state index contributed by atoms with van der Waals surface area (Å²) >= 11 is 0. The van der Waals surface area contributed by atoms with E-state index >= 15 is 0 Å². The van der Waals surface area contributed by atoms with E-state index in [-0.39, 0.29) is 6.04 Å². The molecule has 1 aliphatic rings. The third kappa shape index (κ3) is 1.99. The van der Waals surface area contributed by atoms with Gasteiger partial charge in [0.25, 0.3) is 0 Å². The normalized spacial score (nSPS) is 39.5. The van der Waals surface area contributed by atoms with Gasteiger partial charge >= 0.3 is 0 Å². The first-order valence-electron chi connectivity index (χ1n) is 5.06. The van der Waals surface area contributed by atoms with Crippen LogP contribution in [0.25, 0.3) is 0 Å². The Balaban J connectivity index is 2.44. The van der Waals surface area contributed by atoms with E-state index in [0.29, 0.717) is 0 Å². The van der Waals surface area contributed by atoms with E-state index < -0.39 is 5.60 Å². The maximum Gasteiger partial charge on any atom is 0.0795 e. The molecule has 0 heterocycles. The maximum absolute atomic E-state index is 10.0. The molecule has 1 unspecified atom stereocenters. The highest BCUT2D eigenvalue weighted by molar-refractivity contribution is 4.91. The monoisotopic (exact) mass is 171 g/mol. The van der Waals surface area contributed by atoms with Gasteiger partial charge in [-0.15, -0.1) is 0 Å². The van der Waals surface area contributed by atoms with Gasteiger partial charge in [0.2, 0.25) is 0 Å². The fraction of sp³-hybridized carbons (Fsp3) is 1.00. The summed E-state index contributed by atoms with van der Waals surface area (Å²) in [6.45, 7) is 4.13. The Morgan fingerprint density at radius 1 is 1.50 bits per heavy atom. The molecule has 0 aromatic heterocycles. The van der Waals surface area contributed by atoms with Gasteiger partial charge < -0.3 is 10.8 Å². The van der Waals surface area contributed by atoms with Crippen molar-refractivity contribution < 1.29 is 5.11 Å². The van der Waals surface area contributed by atoms with Crippen molar-refractivity contribution >= 4 is 0 Å². The smallest absolute Gasteiger partial charge is 0.0795 e. The van der Waals surface area contributed by atoms with Gasteiger partial charge in [-0.25, -0.2) is 0 Å². The van der Waals surface area contributed by atoms with Gasteiger partial charge in [-0.2, -0.15) is 0 Å². The topological polar surface area (TPSA) is 46.2 Å². The van der Waals surface area contributed by atoms with Crippen molar-refractivity contribution in [3.63, 3.8) is 0 Å². The zero-order valence-corrected chi connectivity index (χ0v) is 8.21. The maximum atomic E-state index is 10.0. The Labute approximate surface area is 75.2 Å². The lowest BCUT2D eigenvalue weighted by Crippen LogP contribution is -2.48. The van der Waals surface area contributed by atoms with Gasteiger partial charge in [0.15, 0.2) is 0 Å². The highest BCUT2D eigenvalue weighted by atomic mass is 16.3. The summed E-state index contributed by atoms with van der Waals surface area (Å²) in [6.07, 6.45) is 5.32. The Hall–Kier alpha value is -0.0800. The minimum absolute atomic E-state index is 0.0738. The lowest BCUT2D eigenvalue weighted by atomic mass is 9.75. The number of hydrogen-bond acceptors (Lipinski definition) is 2. The summed E-state index contributed by atoms with van der Waals surface area (Å²) in [5.74, 6) is 0.823. The van der Waals surface area contributed by atoms with Crippen LogP contribution >= 0.6 is 0 Å². The van der Waals surface area contributed by atoms with Crippen molar-refractivity contribution in [1.29, 1.82) is 0 Å². The molecule has 0 saturated heterocycles. The van der Waals surface area contributed by atoms with Crippen LogP contribution in [0.2, 0.25) is 0 Å². The van der Waals surface area contributed by atoms with Gasteiger partial charge in [0, 0.05) is 6.04 Å². The molecule has 1 rings (SSSR count). The first-order chi connectivity index (χ1) is 5.58. The summed E-state index contributed by atoms with van der Waals surface area (Å²) in [5.41, 5.74) is 5.17. The molecule has 72 valence electrons. The molecule has 0 aliphatic heterocycles. The molecule has 1 saturated carbocycles. The Morgan fingerprint density at radius 2 is 2.00 bits per heavy atom. The predicted octanol–water partition coefficient (Wildman–Crippen LogP) is 1.66. The van der Waals surface area contributed by atoms with Crippen LogP contribution in [0.3, 0.4) is 0 Å².